The Hall–Kier alpha value is -1.26. The van der Waals surface area contributed by atoms with Gasteiger partial charge in [0.2, 0.25) is 5.91 Å². The molecule has 4 nitrogen and oxygen atoms in total. The van der Waals surface area contributed by atoms with Crippen LogP contribution in [0.5, 0.6) is 5.75 Å². The average Bonchev–Trinajstić information content (AvgIpc) is 2.90. The molecule has 0 bridgehead atoms. The fourth-order valence-electron chi connectivity index (χ4n) is 2.25. The van der Waals surface area contributed by atoms with Gasteiger partial charge in [-0.3, -0.25) is 9.63 Å². The lowest BCUT2D eigenvalue weighted by molar-refractivity contribution is -0.137. The van der Waals surface area contributed by atoms with Crippen LogP contribution in [0.3, 0.4) is 0 Å². The number of rotatable bonds is 5. The van der Waals surface area contributed by atoms with E-state index in [0.29, 0.717) is 10.8 Å². The van der Waals surface area contributed by atoms with Crippen LogP contribution in [0.2, 0.25) is 5.02 Å². The van der Waals surface area contributed by atoms with Gasteiger partial charge in [0.1, 0.15) is 5.75 Å². The summed E-state index contributed by atoms with van der Waals surface area (Å²) in [5.74, 6) is 0.466. The Kier molecular flexibility index (Phi) is 5.05. The standard InChI is InChI=1S/C14H18ClNO3/c1-18-13-7-6-11(15)8-10(13)9-14(17)16-19-12-4-2-3-5-12/h6-8,12H,2-5,9H2,1H3,(H,16,17). The first-order chi connectivity index (χ1) is 9.19. The highest BCUT2D eigenvalue weighted by molar-refractivity contribution is 6.30. The van der Waals surface area contributed by atoms with Gasteiger partial charge in [0.15, 0.2) is 0 Å². The summed E-state index contributed by atoms with van der Waals surface area (Å²) in [6.07, 6.45) is 4.72. The number of hydroxylamine groups is 1. The smallest absolute Gasteiger partial charge is 0.248 e. The number of halogens is 1. The van der Waals surface area contributed by atoms with Crippen molar-refractivity contribution >= 4 is 17.5 Å². The van der Waals surface area contributed by atoms with E-state index in [2.05, 4.69) is 5.48 Å². The second-order valence-corrected chi connectivity index (χ2v) is 5.12. The van der Waals surface area contributed by atoms with E-state index in [4.69, 9.17) is 21.2 Å². The summed E-state index contributed by atoms with van der Waals surface area (Å²) in [5.41, 5.74) is 3.26. The van der Waals surface area contributed by atoms with Crippen LogP contribution >= 0.6 is 11.6 Å². The SMILES string of the molecule is COc1ccc(Cl)cc1CC(=O)NOC1CCCC1. The summed E-state index contributed by atoms with van der Waals surface area (Å²) in [7, 11) is 1.57. The van der Waals surface area contributed by atoms with Crippen LogP contribution in [0.4, 0.5) is 0 Å². The molecule has 0 radical (unpaired) electrons. The highest BCUT2D eigenvalue weighted by Crippen LogP contribution is 2.23. The maximum atomic E-state index is 11.8. The fourth-order valence-corrected chi connectivity index (χ4v) is 2.44. The van der Waals surface area contributed by atoms with Crippen molar-refractivity contribution in [1.82, 2.24) is 5.48 Å². The summed E-state index contributed by atoms with van der Waals surface area (Å²) in [4.78, 5) is 17.2. The van der Waals surface area contributed by atoms with Crippen LogP contribution in [0.25, 0.3) is 0 Å². The van der Waals surface area contributed by atoms with Gasteiger partial charge in [-0.1, -0.05) is 24.4 Å². The molecule has 0 aromatic heterocycles. The van der Waals surface area contributed by atoms with Crippen molar-refractivity contribution in [3.05, 3.63) is 28.8 Å². The summed E-state index contributed by atoms with van der Waals surface area (Å²) >= 11 is 5.92. The van der Waals surface area contributed by atoms with Crippen molar-refractivity contribution in [3.8, 4) is 5.75 Å². The molecule has 1 saturated carbocycles. The van der Waals surface area contributed by atoms with Crippen molar-refractivity contribution in [1.29, 1.82) is 0 Å². The van der Waals surface area contributed by atoms with Crippen molar-refractivity contribution in [2.24, 2.45) is 0 Å². The molecule has 0 unspecified atom stereocenters. The maximum absolute atomic E-state index is 11.8. The van der Waals surface area contributed by atoms with E-state index in [-0.39, 0.29) is 18.4 Å². The van der Waals surface area contributed by atoms with Crippen LogP contribution in [-0.4, -0.2) is 19.1 Å². The average molecular weight is 284 g/mol. The number of methoxy groups -OCH3 is 1. The summed E-state index contributed by atoms with van der Waals surface area (Å²) < 4.78 is 5.20. The Morgan fingerprint density at radius 2 is 2.16 bits per heavy atom. The normalized spacial score (nSPS) is 15.5. The number of benzene rings is 1. The maximum Gasteiger partial charge on any atom is 0.248 e. The van der Waals surface area contributed by atoms with Crippen LogP contribution in [0, 0.1) is 0 Å². The Balaban J connectivity index is 1.88. The van der Waals surface area contributed by atoms with Gasteiger partial charge in [0, 0.05) is 10.6 Å². The van der Waals surface area contributed by atoms with Gasteiger partial charge in [-0.15, -0.1) is 0 Å². The number of carbonyl (C=O) groups excluding carboxylic acids is 1. The van der Waals surface area contributed by atoms with Crippen molar-refractivity contribution < 1.29 is 14.4 Å². The Bertz CT molecular complexity index is 444. The second kappa shape index (κ2) is 6.78. The van der Waals surface area contributed by atoms with Crippen LogP contribution in [-0.2, 0) is 16.1 Å². The molecule has 5 heteroatoms. The molecule has 0 atom stereocenters. The van der Waals surface area contributed by atoms with E-state index >= 15 is 0 Å². The van der Waals surface area contributed by atoms with Crippen LogP contribution in [0.15, 0.2) is 18.2 Å². The molecule has 1 aliphatic carbocycles. The van der Waals surface area contributed by atoms with Gasteiger partial charge in [-0.2, -0.15) is 0 Å². The zero-order valence-electron chi connectivity index (χ0n) is 10.9. The van der Waals surface area contributed by atoms with E-state index in [1.807, 2.05) is 0 Å². The van der Waals surface area contributed by atoms with Gasteiger partial charge < -0.3 is 4.74 Å². The highest BCUT2D eigenvalue weighted by Gasteiger charge is 2.17. The number of hydrogen-bond acceptors (Lipinski definition) is 3. The molecule has 104 valence electrons. The molecular weight excluding hydrogens is 266 g/mol. The van der Waals surface area contributed by atoms with Crippen molar-refractivity contribution in [2.75, 3.05) is 7.11 Å². The Labute approximate surface area is 118 Å². The lowest BCUT2D eigenvalue weighted by atomic mass is 10.1. The van der Waals surface area contributed by atoms with Gasteiger partial charge in [0.05, 0.1) is 19.6 Å². The monoisotopic (exact) mass is 283 g/mol. The number of ether oxygens (including phenoxy) is 1. The molecular formula is C14H18ClNO3. The number of carbonyl (C=O) groups is 1. The first-order valence-corrected chi connectivity index (χ1v) is 6.83. The van der Waals surface area contributed by atoms with Gasteiger partial charge in [-0.25, -0.2) is 5.48 Å². The molecule has 19 heavy (non-hydrogen) atoms. The predicted octanol–water partition coefficient (Wildman–Crippen LogP) is 2.88. The summed E-state index contributed by atoms with van der Waals surface area (Å²) in [5, 5.41) is 0.584. The zero-order chi connectivity index (χ0) is 13.7. The van der Waals surface area contributed by atoms with E-state index in [0.717, 1.165) is 18.4 Å². The van der Waals surface area contributed by atoms with Crippen LogP contribution < -0.4 is 10.2 Å². The molecule has 0 saturated heterocycles. The van der Waals surface area contributed by atoms with E-state index in [1.54, 1.807) is 25.3 Å². The molecule has 1 aliphatic rings. The van der Waals surface area contributed by atoms with E-state index in [9.17, 15) is 4.79 Å². The fraction of sp³-hybridized carbons (Fsp3) is 0.500. The van der Waals surface area contributed by atoms with Gasteiger partial charge >= 0.3 is 0 Å². The van der Waals surface area contributed by atoms with E-state index < -0.39 is 0 Å². The second-order valence-electron chi connectivity index (χ2n) is 4.68. The first-order valence-electron chi connectivity index (χ1n) is 6.46. The predicted molar refractivity (Wildman–Crippen MR) is 73.2 cm³/mol. The molecule has 1 fully saturated rings. The Morgan fingerprint density at radius 3 is 2.84 bits per heavy atom. The molecule has 1 aromatic carbocycles. The number of hydrogen-bond donors (Lipinski definition) is 1. The van der Waals surface area contributed by atoms with Crippen molar-refractivity contribution in [3.63, 3.8) is 0 Å². The third-order valence-electron chi connectivity index (χ3n) is 3.24. The molecule has 0 aliphatic heterocycles. The highest BCUT2D eigenvalue weighted by atomic mass is 35.5. The molecule has 1 aromatic rings. The quantitative estimate of drug-likeness (QED) is 0.845. The molecule has 1 N–H and O–H groups in total. The largest absolute Gasteiger partial charge is 0.496 e. The van der Waals surface area contributed by atoms with Gasteiger partial charge in [0.25, 0.3) is 0 Å². The molecule has 2 rings (SSSR count). The lowest BCUT2D eigenvalue weighted by Gasteiger charge is -2.12. The van der Waals surface area contributed by atoms with E-state index in [1.165, 1.54) is 12.8 Å². The minimum atomic E-state index is -0.188. The number of nitrogens with one attached hydrogen (secondary N) is 1. The zero-order valence-corrected chi connectivity index (χ0v) is 11.7. The van der Waals surface area contributed by atoms with Crippen molar-refractivity contribution in [2.45, 2.75) is 38.2 Å². The minimum Gasteiger partial charge on any atom is -0.496 e. The summed E-state index contributed by atoms with van der Waals surface area (Å²) in [6, 6.07) is 5.22. The molecule has 0 heterocycles. The topological polar surface area (TPSA) is 47.6 Å². The third kappa shape index (κ3) is 4.11. The summed E-state index contributed by atoms with van der Waals surface area (Å²) in [6.45, 7) is 0. The third-order valence-corrected chi connectivity index (χ3v) is 3.47. The molecule has 1 amide bonds. The number of amides is 1. The lowest BCUT2D eigenvalue weighted by Crippen LogP contribution is -2.29. The first kappa shape index (κ1) is 14.2. The van der Waals surface area contributed by atoms with Gasteiger partial charge in [-0.05, 0) is 31.0 Å². The molecule has 0 spiro atoms. The minimum absolute atomic E-state index is 0.158. The van der Waals surface area contributed by atoms with Crippen LogP contribution in [0.1, 0.15) is 31.2 Å². The Morgan fingerprint density at radius 1 is 1.42 bits per heavy atom.